The first-order valence-electron chi connectivity index (χ1n) is 7.83. The molecule has 5 heteroatoms. The molecular formula is C16H25N3O2. The van der Waals surface area contributed by atoms with Crippen LogP contribution in [0.5, 0.6) is 0 Å². The third-order valence-electron chi connectivity index (χ3n) is 4.41. The molecule has 1 fully saturated rings. The number of hydrogen-bond acceptors (Lipinski definition) is 4. The number of benzene rings is 1. The number of nitro groups is 1. The first-order chi connectivity index (χ1) is 10.1. The Bertz CT molecular complexity index is 504. The van der Waals surface area contributed by atoms with Gasteiger partial charge in [0.2, 0.25) is 0 Å². The lowest BCUT2D eigenvalue weighted by molar-refractivity contribution is -0.384. The highest BCUT2D eigenvalue weighted by Crippen LogP contribution is 2.30. The molecular weight excluding hydrogens is 266 g/mol. The molecule has 21 heavy (non-hydrogen) atoms. The van der Waals surface area contributed by atoms with Crippen LogP contribution in [-0.4, -0.2) is 28.5 Å². The Labute approximate surface area is 126 Å². The van der Waals surface area contributed by atoms with Crippen LogP contribution in [-0.2, 0) is 6.54 Å². The maximum atomic E-state index is 11.1. The van der Waals surface area contributed by atoms with Crippen molar-refractivity contribution in [1.82, 2.24) is 4.90 Å². The molecule has 116 valence electrons. The number of anilines is 1. The van der Waals surface area contributed by atoms with Crippen LogP contribution in [0.15, 0.2) is 18.2 Å². The van der Waals surface area contributed by atoms with Gasteiger partial charge in [0, 0.05) is 31.2 Å². The van der Waals surface area contributed by atoms with Crippen molar-refractivity contribution in [2.24, 2.45) is 0 Å². The lowest BCUT2D eigenvalue weighted by Crippen LogP contribution is -2.33. The van der Waals surface area contributed by atoms with Gasteiger partial charge in [-0.2, -0.15) is 0 Å². The zero-order valence-corrected chi connectivity index (χ0v) is 13.1. The lowest BCUT2D eigenvalue weighted by Gasteiger charge is -2.27. The van der Waals surface area contributed by atoms with E-state index in [1.54, 1.807) is 6.07 Å². The Hall–Kier alpha value is -1.62. The largest absolute Gasteiger partial charge is 0.380 e. The average molecular weight is 291 g/mol. The zero-order valence-electron chi connectivity index (χ0n) is 13.1. The van der Waals surface area contributed by atoms with E-state index in [0.717, 1.165) is 18.5 Å². The molecule has 2 unspecified atom stereocenters. The summed E-state index contributed by atoms with van der Waals surface area (Å²) < 4.78 is 0. The van der Waals surface area contributed by atoms with Crippen LogP contribution in [0.1, 0.15) is 45.6 Å². The van der Waals surface area contributed by atoms with Gasteiger partial charge in [-0.05, 0) is 44.7 Å². The number of nitro benzene ring substituents is 1. The van der Waals surface area contributed by atoms with Crippen molar-refractivity contribution in [3.05, 3.63) is 33.9 Å². The third kappa shape index (κ3) is 3.53. The van der Waals surface area contributed by atoms with Gasteiger partial charge >= 0.3 is 0 Å². The molecule has 0 aliphatic carbocycles. The Morgan fingerprint density at radius 3 is 2.76 bits per heavy atom. The molecule has 0 bridgehead atoms. The van der Waals surface area contributed by atoms with E-state index in [4.69, 9.17) is 0 Å². The van der Waals surface area contributed by atoms with Crippen LogP contribution < -0.4 is 5.32 Å². The summed E-state index contributed by atoms with van der Waals surface area (Å²) in [5.41, 5.74) is 1.92. The molecule has 5 nitrogen and oxygen atoms in total. The average Bonchev–Trinajstić information content (AvgIpc) is 2.80. The van der Waals surface area contributed by atoms with Gasteiger partial charge < -0.3 is 5.32 Å². The molecule has 0 amide bonds. The van der Waals surface area contributed by atoms with Gasteiger partial charge in [0.25, 0.3) is 5.69 Å². The predicted octanol–water partition coefficient (Wildman–Crippen LogP) is 3.79. The molecule has 1 aliphatic heterocycles. The van der Waals surface area contributed by atoms with Gasteiger partial charge in [-0.25, -0.2) is 0 Å². The number of rotatable bonds is 6. The molecule has 0 radical (unpaired) electrons. The molecule has 0 saturated carbocycles. The fourth-order valence-corrected chi connectivity index (χ4v) is 3.23. The van der Waals surface area contributed by atoms with E-state index in [-0.39, 0.29) is 10.6 Å². The normalized spacial score (nSPS) is 22.4. The second kappa shape index (κ2) is 6.89. The maximum absolute atomic E-state index is 11.1. The van der Waals surface area contributed by atoms with E-state index in [0.29, 0.717) is 24.3 Å². The minimum atomic E-state index is -0.324. The predicted molar refractivity (Wildman–Crippen MR) is 85.6 cm³/mol. The summed E-state index contributed by atoms with van der Waals surface area (Å²) in [5, 5.41) is 14.2. The van der Waals surface area contributed by atoms with Crippen molar-refractivity contribution >= 4 is 11.4 Å². The summed E-state index contributed by atoms with van der Waals surface area (Å²) in [6.45, 7) is 8.01. The minimum absolute atomic E-state index is 0.155. The molecule has 0 spiro atoms. The third-order valence-corrected chi connectivity index (χ3v) is 4.41. The Morgan fingerprint density at radius 1 is 1.38 bits per heavy atom. The molecule has 1 heterocycles. The maximum Gasteiger partial charge on any atom is 0.292 e. The molecule has 1 saturated heterocycles. The summed E-state index contributed by atoms with van der Waals surface area (Å²) in [4.78, 5) is 13.3. The topological polar surface area (TPSA) is 58.4 Å². The van der Waals surface area contributed by atoms with E-state index < -0.39 is 0 Å². The first-order valence-corrected chi connectivity index (χ1v) is 7.83. The fraction of sp³-hybridized carbons (Fsp3) is 0.625. The van der Waals surface area contributed by atoms with Crippen LogP contribution in [0.25, 0.3) is 0 Å². The van der Waals surface area contributed by atoms with Gasteiger partial charge in [-0.15, -0.1) is 0 Å². The Balaban J connectivity index is 2.20. The quantitative estimate of drug-likeness (QED) is 0.640. The highest BCUT2D eigenvalue weighted by molar-refractivity contribution is 5.62. The van der Waals surface area contributed by atoms with Crippen molar-refractivity contribution in [3.8, 4) is 0 Å². The zero-order chi connectivity index (χ0) is 15.4. The van der Waals surface area contributed by atoms with Crippen LogP contribution in [0.2, 0.25) is 0 Å². The number of nitrogens with one attached hydrogen (secondary N) is 1. The molecule has 1 N–H and O–H groups in total. The van der Waals surface area contributed by atoms with Crippen molar-refractivity contribution in [3.63, 3.8) is 0 Å². The lowest BCUT2D eigenvalue weighted by atomic mass is 10.1. The number of nitrogens with zero attached hydrogens (tertiary/aromatic N) is 2. The van der Waals surface area contributed by atoms with Gasteiger partial charge in [-0.3, -0.25) is 15.0 Å². The first kappa shape index (κ1) is 15.8. The van der Waals surface area contributed by atoms with E-state index in [2.05, 4.69) is 24.1 Å². The summed E-state index contributed by atoms with van der Waals surface area (Å²) in [5.74, 6) is 0. The molecule has 2 rings (SSSR count). The van der Waals surface area contributed by atoms with Crippen LogP contribution >= 0.6 is 0 Å². The number of likely N-dealkylation sites (tertiary alicyclic amines) is 1. The van der Waals surface area contributed by atoms with Crippen molar-refractivity contribution < 1.29 is 4.92 Å². The van der Waals surface area contributed by atoms with Crippen molar-refractivity contribution in [2.75, 3.05) is 11.9 Å². The van der Waals surface area contributed by atoms with Crippen LogP contribution in [0.4, 0.5) is 11.4 Å². The fourth-order valence-electron chi connectivity index (χ4n) is 3.23. The molecule has 0 aromatic heterocycles. The summed E-state index contributed by atoms with van der Waals surface area (Å²) in [6, 6.07) is 6.66. The molecule has 1 aromatic rings. The summed E-state index contributed by atoms with van der Waals surface area (Å²) >= 11 is 0. The second-order valence-electron chi connectivity index (χ2n) is 5.80. The smallest absolute Gasteiger partial charge is 0.292 e. The molecule has 2 atom stereocenters. The monoisotopic (exact) mass is 291 g/mol. The SMILES string of the molecule is CCNc1cc(CN2C(C)CCC2CC)ccc1[N+](=O)[O-]. The van der Waals surface area contributed by atoms with Crippen molar-refractivity contribution in [2.45, 2.75) is 58.7 Å². The standard InChI is InChI=1S/C16H25N3O2/c1-4-14-8-6-12(3)18(14)11-13-7-9-16(19(20)21)15(10-13)17-5-2/h7,9-10,12,14,17H,4-6,8,11H2,1-3H3. The van der Waals surface area contributed by atoms with E-state index in [1.165, 1.54) is 12.8 Å². The van der Waals surface area contributed by atoms with Gasteiger partial charge in [-0.1, -0.05) is 13.0 Å². The molecule has 1 aromatic carbocycles. The minimum Gasteiger partial charge on any atom is -0.380 e. The Kier molecular flexibility index (Phi) is 5.17. The second-order valence-corrected chi connectivity index (χ2v) is 5.80. The van der Waals surface area contributed by atoms with Crippen LogP contribution in [0.3, 0.4) is 0 Å². The van der Waals surface area contributed by atoms with Gasteiger partial charge in [0.1, 0.15) is 5.69 Å². The van der Waals surface area contributed by atoms with E-state index in [9.17, 15) is 10.1 Å². The Morgan fingerprint density at radius 2 is 2.14 bits per heavy atom. The van der Waals surface area contributed by atoms with Crippen molar-refractivity contribution in [1.29, 1.82) is 0 Å². The summed E-state index contributed by atoms with van der Waals surface area (Å²) in [7, 11) is 0. The highest BCUT2D eigenvalue weighted by Gasteiger charge is 2.29. The van der Waals surface area contributed by atoms with Gasteiger partial charge in [0.05, 0.1) is 4.92 Å². The highest BCUT2D eigenvalue weighted by atomic mass is 16.6. The van der Waals surface area contributed by atoms with Gasteiger partial charge in [0.15, 0.2) is 0 Å². The summed E-state index contributed by atoms with van der Waals surface area (Å²) in [6.07, 6.45) is 3.66. The number of hydrogen-bond donors (Lipinski definition) is 1. The van der Waals surface area contributed by atoms with E-state index >= 15 is 0 Å². The molecule has 1 aliphatic rings. The van der Waals surface area contributed by atoms with Crippen LogP contribution in [0, 0.1) is 10.1 Å². The van der Waals surface area contributed by atoms with E-state index in [1.807, 2.05) is 19.1 Å².